The zero-order chi connectivity index (χ0) is 15.9. The molecule has 9 nitrogen and oxygen atoms in total. The largest absolute Gasteiger partial charge is 0.433 e. The SMILES string of the molecule is O=C(CNC(=O)c1cccs1)N/N=C\c1ccc([N+](=O)[O-])o1. The van der Waals surface area contributed by atoms with Crippen molar-refractivity contribution in [3.8, 4) is 0 Å². The van der Waals surface area contributed by atoms with Gasteiger partial charge in [-0.1, -0.05) is 6.07 Å². The number of nitro groups is 1. The molecule has 2 aromatic rings. The van der Waals surface area contributed by atoms with Crippen molar-refractivity contribution >= 4 is 35.2 Å². The maximum atomic E-state index is 11.6. The number of nitrogens with one attached hydrogen (secondary N) is 2. The van der Waals surface area contributed by atoms with Crippen molar-refractivity contribution in [3.63, 3.8) is 0 Å². The number of rotatable bonds is 6. The summed E-state index contributed by atoms with van der Waals surface area (Å²) in [5.41, 5.74) is 2.16. The van der Waals surface area contributed by atoms with E-state index >= 15 is 0 Å². The number of carbonyl (C=O) groups excluding carboxylic acids is 2. The number of thiophene rings is 1. The van der Waals surface area contributed by atoms with Crippen LogP contribution in [0.4, 0.5) is 5.88 Å². The maximum absolute atomic E-state index is 11.6. The number of nitrogens with zero attached hydrogens (tertiary/aromatic N) is 2. The number of furan rings is 1. The van der Waals surface area contributed by atoms with Crippen molar-refractivity contribution in [3.05, 3.63) is 50.4 Å². The standard InChI is InChI=1S/C12H10N4O5S/c17-10(7-13-12(18)9-2-1-5-22-9)15-14-6-8-3-4-11(21-8)16(19)20/h1-6H,7H2,(H,13,18)(H,15,17)/b14-6-. The first kappa shape index (κ1) is 15.4. The van der Waals surface area contributed by atoms with Crippen molar-refractivity contribution in [2.24, 2.45) is 5.10 Å². The van der Waals surface area contributed by atoms with Gasteiger partial charge in [-0.3, -0.25) is 19.7 Å². The number of hydrogen-bond donors (Lipinski definition) is 2. The summed E-state index contributed by atoms with van der Waals surface area (Å²) in [5, 5.41) is 18.1. The fraction of sp³-hybridized carbons (Fsp3) is 0.0833. The normalized spacial score (nSPS) is 10.5. The Bertz CT molecular complexity index is 707. The van der Waals surface area contributed by atoms with Crippen molar-refractivity contribution in [2.75, 3.05) is 6.54 Å². The molecule has 2 N–H and O–H groups in total. The third-order valence-corrected chi connectivity index (χ3v) is 3.20. The van der Waals surface area contributed by atoms with E-state index in [2.05, 4.69) is 15.8 Å². The Kier molecular flexibility index (Phi) is 4.98. The van der Waals surface area contributed by atoms with Gasteiger partial charge < -0.3 is 9.73 Å². The van der Waals surface area contributed by atoms with Gasteiger partial charge in [0.05, 0.1) is 23.7 Å². The molecule has 0 saturated carbocycles. The number of hydrazone groups is 1. The summed E-state index contributed by atoms with van der Waals surface area (Å²) < 4.78 is 4.81. The molecular weight excluding hydrogens is 312 g/mol. The first-order chi connectivity index (χ1) is 10.6. The number of carbonyl (C=O) groups is 2. The third kappa shape index (κ3) is 4.24. The fourth-order valence-corrected chi connectivity index (χ4v) is 2.01. The third-order valence-electron chi connectivity index (χ3n) is 2.33. The molecule has 22 heavy (non-hydrogen) atoms. The summed E-state index contributed by atoms with van der Waals surface area (Å²) in [6.07, 6.45) is 1.12. The molecular formula is C12H10N4O5S. The van der Waals surface area contributed by atoms with Gasteiger partial charge in [0, 0.05) is 0 Å². The molecule has 0 spiro atoms. The Labute approximate surface area is 127 Å². The molecule has 0 atom stereocenters. The predicted octanol–water partition coefficient (Wildman–Crippen LogP) is 1.13. The summed E-state index contributed by atoms with van der Waals surface area (Å²) >= 11 is 1.26. The highest BCUT2D eigenvalue weighted by Gasteiger charge is 2.10. The van der Waals surface area contributed by atoms with E-state index in [0.29, 0.717) is 4.88 Å². The van der Waals surface area contributed by atoms with Gasteiger partial charge in [0.15, 0.2) is 5.76 Å². The van der Waals surface area contributed by atoms with E-state index in [4.69, 9.17) is 4.42 Å². The van der Waals surface area contributed by atoms with Gasteiger partial charge in [-0.05, 0) is 17.5 Å². The monoisotopic (exact) mass is 322 g/mol. The van der Waals surface area contributed by atoms with Crippen LogP contribution in [-0.4, -0.2) is 29.5 Å². The van der Waals surface area contributed by atoms with Crippen molar-refractivity contribution < 1.29 is 18.9 Å². The van der Waals surface area contributed by atoms with Gasteiger partial charge in [-0.15, -0.1) is 11.3 Å². The average molecular weight is 322 g/mol. The highest BCUT2D eigenvalue weighted by Crippen LogP contribution is 2.13. The smallest absolute Gasteiger partial charge is 0.400 e. The molecule has 0 aliphatic rings. The van der Waals surface area contributed by atoms with Gasteiger partial charge in [0.2, 0.25) is 0 Å². The van der Waals surface area contributed by atoms with Gasteiger partial charge >= 0.3 is 5.88 Å². The van der Waals surface area contributed by atoms with Crippen LogP contribution in [0.15, 0.2) is 39.2 Å². The van der Waals surface area contributed by atoms with Crippen LogP contribution in [0.5, 0.6) is 0 Å². The van der Waals surface area contributed by atoms with Gasteiger partial charge in [-0.2, -0.15) is 5.10 Å². The zero-order valence-corrected chi connectivity index (χ0v) is 11.8. The molecule has 0 radical (unpaired) electrons. The summed E-state index contributed by atoms with van der Waals surface area (Å²) in [5.74, 6) is -1.19. The van der Waals surface area contributed by atoms with Crippen LogP contribution in [0.1, 0.15) is 15.4 Å². The summed E-state index contributed by atoms with van der Waals surface area (Å²) in [4.78, 5) is 33.2. The van der Waals surface area contributed by atoms with Crippen LogP contribution < -0.4 is 10.7 Å². The van der Waals surface area contributed by atoms with E-state index in [0.717, 1.165) is 6.21 Å². The molecule has 0 aliphatic carbocycles. The molecule has 10 heteroatoms. The second kappa shape index (κ2) is 7.13. The number of amides is 2. The average Bonchev–Trinajstić information content (AvgIpc) is 3.16. The first-order valence-electron chi connectivity index (χ1n) is 5.94. The van der Waals surface area contributed by atoms with Crippen LogP contribution in [-0.2, 0) is 4.79 Å². The van der Waals surface area contributed by atoms with Gasteiger partial charge in [0.1, 0.15) is 4.92 Å². The van der Waals surface area contributed by atoms with Gasteiger partial charge in [0.25, 0.3) is 11.8 Å². The Morgan fingerprint density at radius 3 is 2.86 bits per heavy atom. The second-order valence-electron chi connectivity index (χ2n) is 3.89. The summed E-state index contributed by atoms with van der Waals surface area (Å²) in [6, 6.07) is 5.88. The predicted molar refractivity (Wildman–Crippen MR) is 77.8 cm³/mol. The minimum atomic E-state index is -0.684. The minimum Gasteiger partial charge on any atom is -0.400 e. The van der Waals surface area contributed by atoms with E-state index in [-0.39, 0.29) is 18.2 Å². The van der Waals surface area contributed by atoms with Crippen LogP contribution in [0, 0.1) is 10.1 Å². The quantitative estimate of drug-likeness (QED) is 0.468. The Morgan fingerprint density at radius 1 is 1.41 bits per heavy atom. The molecule has 0 aromatic carbocycles. The van der Waals surface area contributed by atoms with Crippen molar-refractivity contribution in [2.45, 2.75) is 0 Å². The zero-order valence-electron chi connectivity index (χ0n) is 11.0. The molecule has 0 unspecified atom stereocenters. The highest BCUT2D eigenvalue weighted by atomic mass is 32.1. The lowest BCUT2D eigenvalue weighted by molar-refractivity contribution is -0.402. The van der Waals surface area contributed by atoms with E-state index in [1.54, 1.807) is 17.5 Å². The summed E-state index contributed by atoms with van der Waals surface area (Å²) in [7, 11) is 0. The fourth-order valence-electron chi connectivity index (χ4n) is 1.37. The Hall–Kier alpha value is -3.01. The first-order valence-corrected chi connectivity index (χ1v) is 6.82. The maximum Gasteiger partial charge on any atom is 0.433 e. The molecule has 2 heterocycles. The van der Waals surface area contributed by atoms with E-state index in [1.807, 2.05) is 0 Å². The second-order valence-corrected chi connectivity index (χ2v) is 4.83. The van der Waals surface area contributed by atoms with Crippen LogP contribution in [0.2, 0.25) is 0 Å². The van der Waals surface area contributed by atoms with Crippen LogP contribution in [0.25, 0.3) is 0 Å². The summed E-state index contributed by atoms with van der Waals surface area (Å²) in [6.45, 7) is -0.244. The molecule has 0 aliphatic heterocycles. The lowest BCUT2D eigenvalue weighted by Gasteiger charge is -2.01. The molecule has 0 bridgehead atoms. The topological polar surface area (TPSA) is 127 Å². The molecule has 0 fully saturated rings. The Balaban J connectivity index is 1.76. The van der Waals surface area contributed by atoms with E-state index < -0.39 is 16.7 Å². The minimum absolute atomic E-state index is 0.120. The molecule has 2 amide bonds. The van der Waals surface area contributed by atoms with Crippen molar-refractivity contribution in [1.82, 2.24) is 10.7 Å². The Morgan fingerprint density at radius 2 is 2.23 bits per heavy atom. The lowest BCUT2D eigenvalue weighted by atomic mass is 10.4. The van der Waals surface area contributed by atoms with Crippen LogP contribution >= 0.6 is 11.3 Å². The highest BCUT2D eigenvalue weighted by molar-refractivity contribution is 7.12. The van der Waals surface area contributed by atoms with Crippen LogP contribution in [0.3, 0.4) is 0 Å². The van der Waals surface area contributed by atoms with E-state index in [9.17, 15) is 19.7 Å². The molecule has 2 aromatic heterocycles. The molecule has 114 valence electrons. The molecule has 0 saturated heterocycles. The van der Waals surface area contributed by atoms with E-state index in [1.165, 1.54) is 23.5 Å². The molecule has 2 rings (SSSR count). The number of hydrogen-bond acceptors (Lipinski definition) is 7. The van der Waals surface area contributed by atoms with Crippen molar-refractivity contribution in [1.29, 1.82) is 0 Å². The lowest BCUT2D eigenvalue weighted by Crippen LogP contribution is -2.34. The van der Waals surface area contributed by atoms with Gasteiger partial charge in [-0.25, -0.2) is 5.43 Å².